The number of hydrogen-bond acceptors (Lipinski definition) is 4. The number of alkyl halides is 1. The average Bonchev–Trinajstić information content (AvgIpc) is 3.14. The van der Waals surface area contributed by atoms with E-state index in [2.05, 4.69) is 24.5 Å². The van der Waals surface area contributed by atoms with Crippen LogP contribution in [-0.4, -0.2) is 19.9 Å². The predicted molar refractivity (Wildman–Crippen MR) is 111 cm³/mol. The smallest absolute Gasteiger partial charge is 0.202 e. The Morgan fingerprint density at radius 1 is 1.32 bits per heavy atom. The molecule has 1 heterocycles. The third-order valence-electron chi connectivity index (χ3n) is 3.85. The van der Waals surface area contributed by atoms with E-state index in [0.717, 1.165) is 31.2 Å². The van der Waals surface area contributed by atoms with E-state index in [1.54, 1.807) is 23.3 Å². The lowest BCUT2D eigenvalue weighted by Crippen LogP contribution is -2.16. The van der Waals surface area contributed by atoms with Gasteiger partial charge in [-0.2, -0.15) is 12.6 Å². The summed E-state index contributed by atoms with van der Waals surface area (Å²) in [7, 11) is 0. The molecule has 0 radical (unpaired) electrons. The highest BCUT2D eigenvalue weighted by Gasteiger charge is 2.28. The lowest BCUT2D eigenvalue weighted by molar-refractivity contribution is -0.110. The maximum atomic E-state index is 12.6. The lowest BCUT2D eigenvalue weighted by Gasteiger charge is -2.24. The molecule has 1 aromatic heterocycles. The van der Waals surface area contributed by atoms with Crippen LogP contribution in [0.25, 0.3) is 0 Å². The number of thiol groups is 1. The number of aromatic nitrogens is 2. The van der Waals surface area contributed by atoms with E-state index in [0.29, 0.717) is 5.02 Å². The monoisotopic (exact) mass is 416 g/mol. The fourth-order valence-corrected chi connectivity index (χ4v) is 4.39. The Labute approximate surface area is 168 Å². The normalized spacial score (nSPS) is 14.9. The fourth-order valence-electron chi connectivity index (χ4n) is 2.42. The zero-order valence-corrected chi connectivity index (χ0v) is 17.2. The van der Waals surface area contributed by atoms with Gasteiger partial charge in [-0.3, -0.25) is 4.79 Å². The molecule has 3 nitrogen and oxygen atoms in total. The Morgan fingerprint density at radius 3 is 2.64 bits per heavy atom. The molecule has 0 aliphatic heterocycles. The van der Waals surface area contributed by atoms with Crippen molar-refractivity contribution in [2.45, 2.75) is 48.6 Å². The van der Waals surface area contributed by atoms with Crippen LogP contribution in [0.15, 0.2) is 43.0 Å². The van der Waals surface area contributed by atoms with Crippen molar-refractivity contribution >= 4 is 52.7 Å². The Morgan fingerprint density at radius 2 is 2.04 bits per heavy atom. The van der Waals surface area contributed by atoms with Crippen molar-refractivity contribution in [3.05, 3.63) is 53.6 Å². The molecule has 1 aromatic carbocycles. The van der Waals surface area contributed by atoms with Gasteiger partial charge in [-0.1, -0.05) is 73.3 Å². The second-order valence-electron chi connectivity index (χ2n) is 5.80. The van der Waals surface area contributed by atoms with Gasteiger partial charge in [0.15, 0.2) is 0 Å². The number of benzene rings is 1. The third kappa shape index (κ3) is 6.24. The summed E-state index contributed by atoms with van der Waals surface area (Å²) in [4.78, 5) is 16.7. The van der Waals surface area contributed by atoms with Crippen molar-refractivity contribution in [3.8, 4) is 0 Å². The van der Waals surface area contributed by atoms with E-state index in [4.69, 9.17) is 23.2 Å². The Kier molecular flexibility index (Phi) is 8.70. The summed E-state index contributed by atoms with van der Waals surface area (Å²) >= 11 is 18.4. The first-order chi connectivity index (χ1) is 12.0. The van der Waals surface area contributed by atoms with Crippen LogP contribution in [0.2, 0.25) is 5.02 Å². The first-order valence-electron chi connectivity index (χ1n) is 8.28. The molecule has 0 spiro atoms. The molecule has 0 N–H and O–H groups in total. The van der Waals surface area contributed by atoms with Crippen LogP contribution in [0.4, 0.5) is 0 Å². The van der Waals surface area contributed by atoms with Crippen molar-refractivity contribution in [1.29, 1.82) is 0 Å². The molecule has 0 fully saturated rings. The highest BCUT2D eigenvalue weighted by molar-refractivity contribution is 8.15. The molecule has 7 heteroatoms. The van der Waals surface area contributed by atoms with Crippen molar-refractivity contribution in [2.24, 2.45) is 0 Å². The molecule has 2 aromatic rings. The van der Waals surface area contributed by atoms with Gasteiger partial charge in [-0.15, -0.1) is 0 Å². The van der Waals surface area contributed by atoms with Crippen LogP contribution in [0.3, 0.4) is 0 Å². The van der Waals surface area contributed by atoms with Gasteiger partial charge in [0.25, 0.3) is 0 Å². The molecule has 0 saturated carbocycles. The van der Waals surface area contributed by atoms with Crippen molar-refractivity contribution < 1.29 is 4.79 Å². The lowest BCUT2D eigenvalue weighted by atomic mass is 10.1. The van der Waals surface area contributed by atoms with Gasteiger partial charge in [-0.25, -0.2) is 4.98 Å². The van der Waals surface area contributed by atoms with E-state index >= 15 is 0 Å². The zero-order chi connectivity index (χ0) is 18.2. The third-order valence-corrected chi connectivity index (χ3v) is 6.70. The summed E-state index contributed by atoms with van der Waals surface area (Å²) in [6, 6.07) is 7.44. The van der Waals surface area contributed by atoms with Gasteiger partial charge in [0.2, 0.25) is 5.12 Å². The minimum atomic E-state index is -0.436. The number of thioether (sulfide) groups is 1. The molecule has 0 saturated heterocycles. The first-order valence-corrected chi connectivity index (χ1v) is 10.5. The molecule has 25 heavy (non-hydrogen) atoms. The first kappa shape index (κ1) is 20.7. The summed E-state index contributed by atoms with van der Waals surface area (Å²) in [6.45, 7) is 2.14. The van der Waals surface area contributed by atoms with Crippen molar-refractivity contribution in [2.75, 3.05) is 0 Å². The predicted octanol–water partition coefficient (Wildman–Crippen LogP) is 6.15. The van der Waals surface area contributed by atoms with Crippen LogP contribution in [0.5, 0.6) is 0 Å². The van der Waals surface area contributed by atoms with Crippen LogP contribution < -0.4 is 0 Å². The van der Waals surface area contributed by atoms with Gasteiger partial charge in [-0.05, 0) is 24.1 Å². The summed E-state index contributed by atoms with van der Waals surface area (Å²) in [6.07, 6.45) is 9.16. The number of nitrogens with zero attached hydrogens (tertiary/aromatic N) is 2. The molecule has 0 aliphatic carbocycles. The second-order valence-corrected chi connectivity index (χ2v) is 8.46. The van der Waals surface area contributed by atoms with E-state index in [1.165, 1.54) is 11.8 Å². The Bertz CT molecular complexity index is 650. The fraction of sp³-hybridized carbons (Fsp3) is 0.444. The molecule has 2 rings (SSSR count). The van der Waals surface area contributed by atoms with Gasteiger partial charge < -0.3 is 4.57 Å². The summed E-state index contributed by atoms with van der Waals surface area (Å²) in [5.74, 6) is 0. The van der Waals surface area contributed by atoms with E-state index in [-0.39, 0.29) is 15.6 Å². The highest BCUT2D eigenvalue weighted by atomic mass is 35.5. The van der Waals surface area contributed by atoms with E-state index in [1.807, 2.05) is 24.3 Å². The number of imidazole rings is 1. The second kappa shape index (κ2) is 10.5. The average molecular weight is 417 g/mol. The number of rotatable bonds is 9. The zero-order valence-electron chi connectivity index (χ0n) is 14.0. The largest absolute Gasteiger partial charge is 0.319 e. The van der Waals surface area contributed by atoms with E-state index < -0.39 is 5.50 Å². The summed E-state index contributed by atoms with van der Waals surface area (Å²) in [5.41, 5.74) is 0.513. The molecule has 0 amide bonds. The highest BCUT2D eigenvalue weighted by Crippen LogP contribution is 2.43. The molecule has 0 aliphatic rings. The van der Waals surface area contributed by atoms with E-state index in [9.17, 15) is 4.79 Å². The maximum Gasteiger partial charge on any atom is 0.202 e. The Balaban J connectivity index is 2.14. The molecular formula is C18H22Cl2N2OS2. The molecule has 0 bridgehead atoms. The Hall–Kier alpha value is -0.620. The van der Waals surface area contributed by atoms with Crippen LogP contribution in [0.1, 0.15) is 48.9 Å². The quantitative estimate of drug-likeness (QED) is 0.302. The minimum Gasteiger partial charge on any atom is -0.319 e. The number of unbranched alkanes of at least 4 members (excludes halogenated alkanes) is 2. The van der Waals surface area contributed by atoms with Gasteiger partial charge >= 0.3 is 0 Å². The SMILES string of the molecule is CCCCCC(S)C(=O)SC(c1ccc(Cl)cc1)C(Cl)n1ccnc1. The number of carbonyl (C=O) groups is 1. The molecule has 3 unspecified atom stereocenters. The number of halogens is 2. The molecular weight excluding hydrogens is 395 g/mol. The van der Waals surface area contributed by atoms with Crippen molar-refractivity contribution in [3.63, 3.8) is 0 Å². The van der Waals surface area contributed by atoms with Gasteiger partial charge in [0.05, 0.1) is 16.8 Å². The van der Waals surface area contributed by atoms with Gasteiger partial charge in [0, 0.05) is 17.4 Å². The van der Waals surface area contributed by atoms with Crippen molar-refractivity contribution in [1.82, 2.24) is 9.55 Å². The summed E-state index contributed by atoms with van der Waals surface area (Å²) in [5, 5.41) is 0.170. The van der Waals surface area contributed by atoms with Crippen LogP contribution in [0, 0.1) is 0 Å². The summed E-state index contributed by atoms with van der Waals surface area (Å²) < 4.78 is 1.80. The molecule has 3 atom stereocenters. The van der Waals surface area contributed by atoms with Crippen LogP contribution >= 0.6 is 47.6 Å². The topological polar surface area (TPSA) is 34.9 Å². The number of hydrogen-bond donors (Lipinski definition) is 1. The van der Waals surface area contributed by atoms with Gasteiger partial charge in [0.1, 0.15) is 5.50 Å². The standard InChI is InChI=1S/C18H22Cl2N2OS2/c1-2-3-4-5-15(24)18(23)25-16(13-6-8-14(19)9-7-13)17(20)22-11-10-21-12-22/h6-12,15-17,24H,2-5H2,1H3. The number of carbonyl (C=O) groups excluding carboxylic acids is 1. The maximum absolute atomic E-state index is 12.6. The minimum absolute atomic E-state index is 0.0464. The van der Waals surface area contributed by atoms with Crippen LogP contribution in [-0.2, 0) is 4.79 Å². The molecule has 136 valence electrons.